The van der Waals surface area contributed by atoms with Gasteiger partial charge < -0.3 is 9.84 Å². The molecule has 2 aliphatic carbocycles. The van der Waals surface area contributed by atoms with Gasteiger partial charge in [-0.15, -0.1) is 0 Å². The lowest BCUT2D eigenvalue weighted by atomic mass is 9.74. The first-order valence-electron chi connectivity index (χ1n) is 8.38. The predicted octanol–water partition coefficient (Wildman–Crippen LogP) is 2.68. The third kappa shape index (κ3) is 2.43. The van der Waals surface area contributed by atoms with Gasteiger partial charge in [0.15, 0.2) is 22.9 Å². The molecule has 5 nitrogen and oxygen atoms in total. The zero-order valence-corrected chi connectivity index (χ0v) is 14.1. The Kier molecular flexibility index (Phi) is 3.98. The fourth-order valence-electron chi connectivity index (χ4n) is 3.88. The fraction of sp³-hybridized carbons (Fsp3) is 0.526. The molecule has 2 bridgehead atoms. The van der Waals surface area contributed by atoms with Gasteiger partial charge in [-0.05, 0) is 18.4 Å². The van der Waals surface area contributed by atoms with Crippen molar-refractivity contribution in [1.29, 1.82) is 0 Å². The number of hydrogen-bond acceptors (Lipinski definition) is 5. The van der Waals surface area contributed by atoms with Crippen LogP contribution in [0.3, 0.4) is 0 Å². The van der Waals surface area contributed by atoms with E-state index >= 15 is 0 Å². The summed E-state index contributed by atoms with van der Waals surface area (Å²) in [5.41, 5.74) is -1.52. The van der Waals surface area contributed by atoms with Gasteiger partial charge in [0.2, 0.25) is 0 Å². The van der Waals surface area contributed by atoms with Crippen molar-refractivity contribution in [2.45, 2.75) is 39.2 Å². The van der Waals surface area contributed by atoms with E-state index in [0.29, 0.717) is 12.8 Å². The maximum Gasteiger partial charge on any atom is 0.346 e. The molecule has 24 heavy (non-hydrogen) atoms. The van der Waals surface area contributed by atoms with Crippen LogP contribution in [0.25, 0.3) is 0 Å². The lowest BCUT2D eigenvalue weighted by Gasteiger charge is -2.37. The van der Waals surface area contributed by atoms with Crippen LogP contribution in [0.5, 0.6) is 0 Å². The molecule has 0 saturated carbocycles. The molecule has 0 aromatic rings. The highest BCUT2D eigenvalue weighted by atomic mass is 16.6. The minimum Gasteiger partial charge on any atom is -0.507 e. The molecule has 5 atom stereocenters. The predicted molar refractivity (Wildman–Crippen MR) is 87.0 cm³/mol. The molecule has 0 unspecified atom stereocenters. The summed E-state index contributed by atoms with van der Waals surface area (Å²) < 4.78 is 5.55. The minimum absolute atomic E-state index is 0.0644. The van der Waals surface area contributed by atoms with Crippen LogP contribution in [-0.2, 0) is 19.1 Å². The summed E-state index contributed by atoms with van der Waals surface area (Å²) in [6, 6.07) is 0. The highest BCUT2D eigenvalue weighted by molar-refractivity contribution is 6.20. The molecule has 3 aliphatic rings. The van der Waals surface area contributed by atoms with Gasteiger partial charge in [-0.1, -0.05) is 39.0 Å². The van der Waals surface area contributed by atoms with E-state index in [-0.39, 0.29) is 29.0 Å². The zero-order valence-electron chi connectivity index (χ0n) is 14.1. The largest absolute Gasteiger partial charge is 0.507 e. The fourth-order valence-corrected chi connectivity index (χ4v) is 3.88. The molecule has 5 heteroatoms. The number of rotatable bonds is 0. The second kappa shape index (κ2) is 5.72. The van der Waals surface area contributed by atoms with Crippen LogP contribution in [0.4, 0.5) is 0 Å². The van der Waals surface area contributed by atoms with E-state index < -0.39 is 29.2 Å². The maximum atomic E-state index is 12.7. The third-order valence-corrected chi connectivity index (χ3v) is 5.28. The van der Waals surface area contributed by atoms with Crippen molar-refractivity contribution in [2.24, 2.45) is 23.7 Å². The highest BCUT2D eigenvalue weighted by Gasteiger charge is 2.55. The van der Waals surface area contributed by atoms with Crippen molar-refractivity contribution in [1.82, 2.24) is 0 Å². The van der Waals surface area contributed by atoms with E-state index in [2.05, 4.69) is 0 Å². The Hall–Kier alpha value is -2.17. The maximum absolute atomic E-state index is 12.7. The molecule has 0 fully saturated rings. The smallest absolute Gasteiger partial charge is 0.346 e. The second-order valence-electron chi connectivity index (χ2n) is 7.26. The number of carbonyl (C=O) groups excluding carboxylic acids is 3. The van der Waals surface area contributed by atoms with E-state index in [1.165, 1.54) is 6.08 Å². The van der Waals surface area contributed by atoms with Crippen LogP contribution in [0.1, 0.15) is 33.6 Å². The summed E-state index contributed by atoms with van der Waals surface area (Å²) in [6.45, 7) is 5.40. The average Bonchev–Trinajstić information content (AvgIpc) is 2.75. The molecule has 3 rings (SSSR count). The lowest BCUT2D eigenvalue weighted by molar-refractivity contribution is -0.152. The molecular formula is C19H22O5. The van der Waals surface area contributed by atoms with E-state index in [9.17, 15) is 19.5 Å². The van der Waals surface area contributed by atoms with E-state index in [0.717, 1.165) is 0 Å². The topological polar surface area (TPSA) is 80.7 Å². The van der Waals surface area contributed by atoms with Gasteiger partial charge in [-0.25, -0.2) is 4.79 Å². The lowest BCUT2D eigenvalue weighted by Crippen LogP contribution is -2.42. The summed E-state index contributed by atoms with van der Waals surface area (Å²) >= 11 is 0. The summed E-state index contributed by atoms with van der Waals surface area (Å²) in [5, 5.41) is 10.8. The Morgan fingerprint density at radius 3 is 2.50 bits per heavy atom. The van der Waals surface area contributed by atoms with Crippen molar-refractivity contribution in [3.05, 3.63) is 35.6 Å². The van der Waals surface area contributed by atoms with E-state index in [1.54, 1.807) is 19.9 Å². The van der Waals surface area contributed by atoms with E-state index in [4.69, 9.17) is 4.74 Å². The van der Waals surface area contributed by atoms with Gasteiger partial charge in [-0.3, -0.25) is 9.59 Å². The van der Waals surface area contributed by atoms with Crippen LogP contribution < -0.4 is 0 Å². The SMILES string of the molecule is C[C@@H]1C[C@H](C)C(=O)/C=C\[C@@H]2C=C[C@H](C)C[C@@]23OC(=O)C(=C3O)C1=O. The number of carbonyl (C=O) groups is 3. The van der Waals surface area contributed by atoms with Crippen molar-refractivity contribution >= 4 is 17.5 Å². The Balaban J connectivity index is 2.18. The van der Waals surface area contributed by atoms with Crippen molar-refractivity contribution in [3.63, 3.8) is 0 Å². The Bertz CT molecular complexity index is 699. The van der Waals surface area contributed by atoms with Gasteiger partial charge in [0, 0.05) is 24.2 Å². The molecule has 1 spiro atoms. The number of ketones is 2. The molecule has 1 heterocycles. The second-order valence-corrected chi connectivity index (χ2v) is 7.26. The van der Waals surface area contributed by atoms with Gasteiger partial charge >= 0.3 is 5.97 Å². The van der Waals surface area contributed by atoms with Crippen LogP contribution >= 0.6 is 0 Å². The molecule has 1 N–H and O–H groups in total. The number of aliphatic hydroxyl groups excluding tert-OH is 1. The number of hydrogen-bond donors (Lipinski definition) is 1. The Labute approximate surface area is 141 Å². The average molecular weight is 330 g/mol. The Morgan fingerprint density at radius 2 is 1.79 bits per heavy atom. The quantitative estimate of drug-likeness (QED) is 0.419. The molecule has 0 aromatic carbocycles. The van der Waals surface area contributed by atoms with Gasteiger partial charge in [0.05, 0.1) is 0 Å². The first-order valence-corrected chi connectivity index (χ1v) is 8.38. The molecule has 128 valence electrons. The molecule has 0 amide bonds. The number of ether oxygens (including phenoxy) is 1. The Morgan fingerprint density at radius 1 is 1.08 bits per heavy atom. The van der Waals surface area contributed by atoms with Crippen LogP contribution in [-0.4, -0.2) is 28.2 Å². The normalized spacial score (nSPS) is 40.9. The zero-order chi connectivity index (χ0) is 17.6. The molecule has 0 aromatic heterocycles. The van der Waals surface area contributed by atoms with Gasteiger partial charge in [0.25, 0.3) is 0 Å². The molecule has 1 aliphatic heterocycles. The third-order valence-electron chi connectivity index (χ3n) is 5.28. The standard InChI is InChI=1S/C19H22O5/c1-10-4-5-13-6-7-14(20)11(2)8-12(3)16(21)15-17(22)19(13,9-10)24-18(15)23/h4-7,10-13,22H,8-9H2,1-3H3/b7-6-/t10-,11-,12+,13-,19+/m0/s1. The number of esters is 1. The molecule has 0 saturated heterocycles. The van der Waals surface area contributed by atoms with Gasteiger partial charge in [0.1, 0.15) is 5.57 Å². The summed E-state index contributed by atoms with van der Waals surface area (Å²) in [5.74, 6) is -2.80. The van der Waals surface area contributed by atoms with Crippen molar-refractivity contribution in [2.75, 3.05) is 0 Å². The summed E-state index contributed by atoms with van der Waals surface area (Å²) in [4.78, 5) is 37.3. The number of Topliss-reactive ketones (excluding diaryl/α,β-unsaturated/α-hetero) is 1. The number of aliphatic hydroxyl groups is 1. The van der Waals surface area contributed by atoms with Gasteiger partial charge in [-0.2, -0.15) is 0 Å². The highest BCUT2D eigenvalue weighted by Crippen LogP contribution is 2.47. The van der Waals surface area contributed by atoms with Crippen LogP contribution in [0.15, 0.2) is 35.6 Å². The van der Waals surface area contributed by atoms with Crippen LogP contribution in [0, 0.1) is 23.7 Å². The summed E-state index contributed by atoms with van der Waals surface area (Å²) in [6.07, 6.45) is 7.67. The molecular weight excluding hydrogens is 308 g/mol. The first kappa shape index (κ1) is 16.7. The monoisotopic (exact) mass is 330 g/mol. The first-order chi connectivity index (χ1) is 11.3. The summed E-state index contributed by atoms with van der Waals surface area (Å²) in [7, 11) is 0. The van der Waals surface area contributed by atoms with Crippen molar-refractivity contribution in [3.8, 4) is 0 Å². The van der Waals surface area contributed by atoms with Crippen molar-refractivity contribution < 1.29 is 24.2 Å². The van der Waals surface area contributed by atoms with E-state index in [1.807, 2.05) is 19.1 Å². The minimum atomic E-state index is -1.28. The number of allylic oxidation sites excluding steroid dienone is 2. The van der Waals surface area contributed by atoms with Crippen LogP contribution in [0.2, 0.25) is 0 Å². The molecule has 0 radical (unpaired) electrons.